The minimum Gasteiger partial charge on any atom is -0.366 e. The number of anilines is 1. The number of alkyl halides is 3. The Kier molecular flexibility index (Phi) is 3.68. The van der Waals surface area contributed by atoms with E-state index in [-0.39, 0.29) is 11.7 Å². The number of aromatic nitrogens is 4. The molecule has 0 aliphatic heterocycles. The summed E-state index contributed by atoms with van der Waals surface area (Å²) in [6.07, 6.45) is 0.614. The standard InChI is InChI=1S/C12H14F3N5S/c1-21-8-3-2-7(6-8)16-9-4-5-10-17-18-11(12(13,14)15)20(10)19-9/h4-5,7-8H,2-3,6H2,1H3,(H,16,19). The first-order chi connectivity index (χ1) is 9.97. The van der Waals surface area contributed by atoms with Gasteiger partial charge in [-0.2, -0.15) is 29.4 Å². The summed E-state index contributed by atoms with van der Waals surface area (Å²) in [6, 6.07) is 3.37. The van der Waals surface area contributed by atoms with Crippen LogP contribution in [0, 0.1) is 0 Å². The molecule has 2 aromatic heterocycles. The molecule has 3 rings (SSSR count). The highest BCUT2D eigenvalue weighted by Crippen LogP contribution is 2.30. The number of hydrogen-bond donors (Lipinski definition) is 1. The number of nitrogens with one attached hydrogen (secondary N) is 1. The van der Waals surface area contributed by atoms with Gasteiger partial charge in [-0.3, -0.25) is 0 Å². The molecular formula is C12H14F3N5S. The van der Waals surface area contributed by atoms with Crippen LogP contribution in [0.3, 0.4) is 0 Å². The number of fused-ring (bicyclic) bond motifs is 1. The first-order valence-corrected chi connectivity index (χ1v) is 7.85. The summed E-state index contributed by atoms with van der Waals surface area (Å²) in [5, 5.41) is 14.4. The van der Waals surface area contributed by atoms with Gasteiger partial charge in [0.2, 0.25) is 0 Å². The van der Waals surface area contributed by atoms with E-state index in [0.29, 0.717) is 11.1 Å². The largest absolute Gasteiger partial charge is 0.453 e. The number of nitrogens with zero attached hydrogens (tertiary/aromatic N) is 4. The molecule has 0 spiro atoms. The summed E-state index contributed by atoms with van der Waals surface area (Å²) in [5.41, 5.74) is 0.0845. The van der Waals surface area contributed by atoms with Crippen LogP contribution in [0.15, 0.2) is 12.1 Å². The fourth-order valence-corrected chi connectivity index (χ4v) is 3.33. The van der Waals surface area contributed by atoms with E-state index in [4.69, 9.17) is 0 Å². The van der Waals surface area contributed by atoms with Crippen molar-refractivity contribution >= 4 is 23.2 Å². The summed E-state index contributed by atoms with van der Waals surface area (Å²) in [4.78, 5) is 0. The van der Waals surface area contributed by atoms with Gasteiger partial charge in [-0.15, -0.1) is 15.3 Å². The molecule has 1 aliphatic rings. The van der Waals surface area contributed by atoms with E-state index in [9.17, 15) is 13.2 Å². The van der Waals surface area contributed by atoms with Crippen molar-refractivity contribution in [2.75, 3.05) is 11.6 Å². The lowest BCUT2D eigenvalue weighted by atomic mass is 10.2. The summed E-state index contributed by atoms with van der Waals surface area (Å²) in [6.45, 7) is 0. The summed E-state index contributed by atoms with van der Waals surface area (Å²) >= 11 is 1.82. The Morgan fingerprint density at radius 1 is 1.29 bits per heavy atom. The average molecular weight is 317 g/mol. The lowest BCUT2D eigenvalue weighted by Gasteiger charge is -2.13. The maximum Gasteiger partial charge on any atom is 0.453 e. The second-order valence-electron chi connectivity index (χ2n) is 5.02. The monoisotopic (exact) mass is 317 g/mol. The average Bonchev–Trinajstić information content (AvgIpc) is 3.03. The van der Waals surface area contributed by atoms with E-state index < -0.39 is 12.0 Å². The SMILES string of the molecule is CSC1CCC(Nc2ccc3nnc(C(F)(F)F)n3n2)C1. The fraction of sp³-hybridized carbons (Fsp3) is 0.583. The molecule has 1 aliphatic carbocycles. The lowest BCUT2D eigenvalue weighted by Crippen LogP contribution is -2.19. The van der Waals surface area contributed by atoms with E-state index in [2.05, 4.69) is 26.9 Å². The molecule has 9 heteroatoms. The molecule has 5 nitrogen and oxygen atoms in total. The van der Waals surface area contributed by atoms with Crippen LogP contribution in [0.2, 0.25) is 0 Å². The quantitative estimate of drug-likeness (QED) is 0.943. The second-order valence-corrected chi connectivity index (χ2v) is 6.16. The van der Waals surface area contributed by atoms with Crippen molar-refractivity contribution < 1.29 is 13.2 Å². The molecule has 1 fully saturated rings. The van der Waals surface area contributed by atoms with Crippen LogP contribution in [0.25, 0.3) is 5.65 Å². The molecule has 0 aromatic carbocycles. The maximum absolute atomic E-state index is 12.8. The third kappa shape index (κ3) is 2.92. The zero-order chi connectivity index (χ0) is 15.0. The summed E-state index contributed by atoms with van der Waals surface area (Å²) < 4.78 is 39.1. The molecule has 1 saturated carbocycles. The molecule has 0 amide bonds. The Morgan fingerprint density at radius 2 is 2.10 bits per heavy atom. The summed E-state index contributed by atoms with van der Waals surface area (Å²) in [7, 11) is 0. The number of thioether (sulfide) groups is 1. The highest BCUT2D eigenvalue weighted by atomic mass is 32.2. The predicted octanol–water partition coefficient (Wildman–Crippen LogP) is 2.84. The molecule has 0 bridgehead atoms. The highest BCUT2D eigenvalue weighted by Gasteiger charge is 2.37. The first-order valence-electron chi connectivity index (χ1n) is 6.56. The van der Waals surface area contributed by atoms with Gasteiger partial charge in [0.25, 0.3) is 5.82 Å². The summed E-state index contributed by atoms with van der Waals surface area (Å²) in [5.74, 6) is -0.686. The van der Waals surface area contributed by atoms with Gasteiger partial charge in [-0.1, -0.05) is 0 Å². The van der Waals surface area contributed by atoms with E-state index in [0.717, 1.165) is 23.8 Å². The molecular weight excluding hydrogens is 303 g/mol. The predicted molar refractivity (Wildman–Crippen MR) is 74.3 cm³/mol. The zero-order valence-corrected chi connectivity index (χ0v) is 12.1. The number of hydrogen-bond acceptors (Lipinski definition) is 5. The molecule has 0 saturated heterocycles. The second kappa shape index (κ2) is 5.36. The molecule has 21 heavy (non-hydrogen) atoms. The Bertz CT molecular complexity index is 641. The van der Waals surface area contributed by atoms with Crippen LogP contribution < -0.4 is 5.32 Å². The van der Waals surface area contributed by atoms with Gasteiger partial charge in [0.1, 0.15) is 5.82 Å². The van der Waals surface area contributed by atoms with Crippen LogP contribution >= 0.6 is 11.8 Å². The molecule has 114 valence electrons. The minimum atomic E-state index is -4.57. The molecule has 0 radical (unpaired) electrons. The van der Waals surface area contributed by atoms with Gasteiger partial charge >= 0.3 is 6.18 Å². The van der Waals surface area contributed by atoms with Crippen LogP contribution in [-0.4, -0.2) is 37.4 Å². The fourth-order valence-electron chi connectivity index (χ4n) is 2.54. The molecule has 2 heterocycles. The Hall–Kier alpha value is -1.51. The molecule has 2 aromatic rings. The number of halogens is 3. The van der Waals surface area contributed by atoms with Gasteiger partial charge in [0, 0.05) is 11.3 Å². The van der Waals surface area contributed by atoms with Gasteiger partial charge in [0.05, 0.1) is 0 Å². The van der Waals surface area contributed by atoms with Gasteiger partial charge in [-0.05, 0) is 37.7 Å². The topological polar surface area (TPSA) is 55.1 Å². The first kappa shape index (κ1) is 14.4. The lowest BCUT2D eigenvalue weighted by molar-refractivity contribution is -0.146. The molecule has 2 atom stereocenters. The molecule has 2 unspecified atom stereocenters. The van der Waals surface area contributed by atoms with Crippen molar-refractivity contribution in [3.63, 3.8) is 0 Å². The highest BCUT2D eigenvalue weighted by molar-refractivity contribution is 7.99. The minimum absolute atomic E-state index is 0.0845. The van der Waals surface area contributed by atoms with E-state index >= 15 is 0 Å². The van der Waals surface area contributed by atoms with Crippen LogP contribution in [-0.2, 0) is 6.18 Å². The van der Waals surface area contributed by atoms with Crippen LogP contribution in [0.1, 0.15) is 25.1 Å². The maximum atomic E-state index is 12.8. The van der Waals surface area contributed by atoms with Crippen molar-refractivity contribution in [1.29, 1.82) is 0 Å². The third-order valence-electron chi connectivity index (χ3n) is 3.59. The normalized spacial score (nSPS) is 22.9. The molecule has 1 N–H and O–H groups in total. The Labute approximate surface area is 123 Å². The number of rotatable bonds is 3. The zero-order valence-electron chi connectivity index (χ0n) is 11.3. The van der Waals surface area contributed by atoms with Gasteiger partial charge in [-0.25, -0.2) is 0 Å². The van der Waals surface area contributed by atoms with Crippen molar-refractivity contribution in [2.24, 2.45) is 0 Å². The van der Waals surface area contributed by atoms with Crippen LogP contribution in [0.4, 0.5) is 19.0 Å². The van der Waals surface area contributed by atoms with Gasteiger partial charge < -0.3 is 5.32 Å². The smallest absolute Gasteiger partial charge is 0.366 e. The third-order valence-corrected chi connectivity index (χ3v) is 4.68. The van der Waals surface area contributed by atoms with Crippen molar-refractivity contribution in [3.05, 3.63) is 18.0 Å². The van der Waals surface area contributed by atoms with Gasteiger partial charge in [0.15, 0.2) is 5.65 Å². The van der Waals surface area contributed by atoms with E-state index in [1.54, 1.807) is 6.07 Å². The van der Waals surface area contributed by atoms with E-state index in [1.165, 1.54) is 6.07 Å². The van der Waals surface area contributed by atoms with Crippen molar-refractivity contribution in [3.8, 4) is 0 Å². The Balaban J connectivity index is 1.84. The van der Waals surface area contributed by atoms with Crippen LogP contribution in [0.5, 0.6) is 0 Å². The van der Waals surface area contributed by atoms with Crippen molar-refractivity contribution in [1.82, 2.24) is 19.8 Å². The van der Waals surface area contributed by atoms with Crippen molar-refractivity contribution in [2.45, 2.75) is 36.7 Å². The van der Waals surface area contributed by atoms with E-state index in [1.807, 2.05) is 11.8 Å². The Morgan fingerprint density at radius 3 is 2.76 bits per heavy atom.